The quantitative estimate of drug-likeness (QED) is 0.395. The van der Waals surface area contributed by atoms with Gasteiger partial charge in [0.1, 0.15) is 12.2 Å². The van der Waals surface area contributed by atoms with E-state index in [4.69, 9.17) is 0 Å². The molecule has 0 fully saturated rings. The van der Waals surface area contributed by atoms with Gasteiger partial charge in [-0.15, -0.1) is 11.3 Å². The second-order valence-corrected chi connectivity index (χ2v) is 6.63. The van der Waals surface area contributed by atoms with Crippen LogP contribution in [0.25, 0.3) is 10.7 Å². The van der Waals surface area contributed by atoms with Crippen molar-refractivity contribution in [3.63, 3.8) is 0 Å². The van der Waals surface area contributed by atoms with E-state index in [9.17, 15) is 19.7 Å². The molecule has 1 N–H and O–H groups in total. The third-order valence-corrected chi connectivity index (χ3v) is 4.64. The Balaban J connectivity index is 1.85. The van der Waals surface area contributed by atoms with Crippen molar-refractivity contribution in [2.75, 3.05) is 5.32 Å². The van der Waals surface area contributed by atoms with Gasteiger partial charge in [-0.3, -0.25) is 24.4 Å². The third-order valence-electron chi connectivity index (χ3n) is 3.86. The highest BCUT2D eigenvalue weighted by Crippen LogP contribution is 2.30. The molecule has 138 valence electrons. The molecule has 2 aromatic heterocycles. The predicted molar refractivity (Wildman–Crippen MR) is 99.8 cm³/mol. The third kappa shape index (κ3) is 3.90. The van der Waals surface area contributed by atoms with Crippen LogP contribution in [0.3, 0.4) is 0 Å². The van der Waals surface area contributed by atoms with Gasteiger partial charge in [0, 0.05) is 22.8 Å². The van der Waals surface area contributed by atoms with Gasteiger partial charge in [-0.05, 0) is 26.0 Å². The minimum absolute atomic E-state index is 0.116. The molecular weight excluding hydrogens is 370 g/mol. The van der Waals surface area contributed by atoms with Gasteiger partial charge in [-0.1, -0.05) is 12.1 Å². The van der Waals surface area contributed by atoms with Crippen LogP contribution in [0.4, 0.5) is 11.4 Å². The highest BCUT2D eigenvalue weighted by atomic mass is 32.1. The average molecular weight is 385 g/mol. The van der Waals surface area contributed by atoms with Crippen molar-refractivity contribution >= 4 is 34.4 Å². The maximum absolute atomic E-state index is 12.5. The summed E-state index contributed by atoms with van der Waals surface area (Å²) in [6.45, 7) is 3.01. The van der Waals surface area contributed by atoms with E-state index in [2.05, 4.69) is 15.4 Å². The van der Waals surface area contributed by atoms with Crippen molar-refractivity contribution in [2.45, 2.75) is 19.9 Å². The van der Waals surface area contributed by atoms with Crippen LogP contribution in [0.5, 0.6) is 0 Å². The number of rotatable bonds is 6. The first-order chi connectivity index (χ1) is 12.9. The molecule has 0 saturated heterocycles. The average Bonchev–Trinajstić information content (AvgIpc) is 3.30. The Morgan fingerprint density at radius 3 is 2.78 bits per heavy atom. The number of nitro groups is 1. The van der Waals surface area contributed by atoms with Crippen LogP contribution in [0.1, 0.15) is 30.2 Å². The topological polar surface area (TPSA) is 120 Å². The van der Waals surface area contributed by atoms with Gasteiger partial charge in [0.2, 0.25) is 5.91 Å². The first kappa shape index (κ1) is 18.4. The summed E-state index contributed by atoms with van der Waals surface area (Å²) in [5, 5.41) is 20.3. The summed E-state index contributed by atoms with van der Waals surface area (Å²) in [7, 11) is 0. The molecule has 27 heavy (non-hydrogen) atoms. The van der Waals surface area contributed by atoms with Crippen molar-refractivity contribution in [1.82, 2.24) is 14.8 Å². The molecule has 0 radical (unpaired) electrons. The Kier molecular flexibility index (Phi) is 5.08. The van der Waals surface area contributed by atoms with Crippen molar-refractivity contribution in [3.05, 3.63) is 57.7 Å². The first-order valence-corrected chi connectivity index (χ1v) is 8.80. The van der Waals surface area contributed by atoms with E-state index >= 15 is 0 Å². The lowest BCUT2D eigenvalue weighted by molar-refractivity contribution is -0.384. The summed E-state index contributed by atoms with van der Waals surface area (Å²) in [4.78, 5) is 38.8. The van der Waals surface area contributed by atoms with Gasteiger partial charge in [0.05, 0.1) is 4.92 Å². The van der Waals surface area contributed by atoms with Crippen LogP contribution in [0, 0.1) is 10.1 Å². The molecule has 3 rings (SSSR count). The summed E-state index contributed by atoms with van der Waals surface area (Å²) in [6.07, 6.45) is 2.74. The maximum atomic E-state index is 12.5. The predicted octanol–water partition coefficient (Wildman–Crippen LogP) is 3.32. The van der Waals surface area contributed by atoms with Crippen LogP contribution >= 0.6 is 11.3 Å². The first-order valence-electron chi connectivity index (χ1n) is 7.92. The van der Waals surface area contributed by atoms with Crippen molar-refractivity contribution < 1.29 is 14.5 Å². The molecule has 0 aliphatic carbocycles. The molecule has 1 atom stereocenters. The zero-order chi connectivity index (χ0) is 19.6. The molecule has 10 heteroatoms. The van der Waals surface area contributed by atoms with Gasteiger partial charge >= 0.3 is 5.69 Å². The number of ketones is 1. The number of nitrogens with one attached hydrogen (secondary N) is 1. The zero-order valence-corrected chi connectivity index (χ0v) is 15.3. The number of Topliss-reactive ketones (excluding diaryl/α,β-unsaturated/α-hetero) is 1. The van der Waals surface area contributed by atoms with Crippen LogP contribution in [-0.4, -0.2) is 31.4 Å². The second-order valence-electron chi connectivity index (χ2n) is 5.74. The number of hydrogen-bond donors (Lipinski definition) is 1. The second kappa shape index (κ2) is 7.46. The number of carbonyl (C=O) groups excluding carboxylic acids is 2. The molecule has 1 unspecified atom stereocenters. The van der Waals surface area contributed by atoms with E-state index in [0.717, 1.165) is 0 Å². The van der Waals surface area contributed by atoms with E-state index in [0.29, 0.717) is 16.3 Å². The number of aromatic nitrogens is 3. The van der Waals surface area contributed by atoms with Crippen molar-refractivity contribution in [1.29, 1.82) is 0 Å². The zero-order valence-electron chi connectivity index (χ0n) is 14.4. The number of hydrogen-bond acceptors (Lipinski definition) is 7. The van der Waals surface area contributed by atoms with Crippen LogP contribution in [0.15, 0.2) is 42.0 Å². The monoisotopic (exact) mass is 385 g/mol. The van der Waals surface area contributed by atoms with E-state index in [1.165, 1.54) is 35.3 Å². The highest BCUT2D eigenvalue weighted by Gasteiger charge is 2.26. The van der Waals surface area contributed by atoms with Gasteiger partial charge in [0.25, 0.3) is 0 Å². The SMILES string of the molecule is CC(=O)c1cccc(NC(=O)C(C)n2cc([N+](=O)[O-])c(-c3nccs3)n2)c1. The lowest BCUT2D eigenvalue weighted by Crippen LogP contribution is -2.24. The Morgan fingerprint density at radius 2 is 2.15 bits per heavy atom. The van der Waals surface area contributed by atoms with E-state index in [1.807, 2.05) is 0 Å². The molecule has 0 spiro atoms. The largest absolute Gasteiger partial charge is 0.324 e. The number of nitrogens with zero attached hydrogens (tertiary/aromatic N) is 4. The Hall–Kier alpha value is -3.40. The Labute approximate surface area is 157 Å². The van der Waals surface area contributed by atoms with E-state index in [-0.39, 0.29) is 17.2 Å². The number of thiazole rings is 1. The smallest absolute Gasteiger partial charge is 0.317 e. The molecule has 9 nitrogen and oxygen atoms in total. The number of amides is 1. The molecule has 0 aliphatic rings. The highest BCUT2D eigenvalue weighted by molar-refractivity contribution is 7.13. The Bertz CT molecular complexity index is 1010. The van der Waals surface area contributed by atoms with Crippen molar-refractivity contribution in [3.8, 4) is 10.7 Å². The summed E-state index contributed by atoms with van der Waals surface area (Å²) >= 11 is 1.22. The molecule has 2 heterocycles. The minimum Gasteiger partial charge on any atom is -0.324 e. The molecule has 0 aliphatic heterocycles. The summed E-state index contributed by atoms with van der Waals surface area (Å²) in [5.41, 5.74) is 0.832. The number of anilines is 1. The molecular formula is C17H15N5O4S. The molecule has 0 saturated carbocycles. The fourth-order valence-electron chi connectivity index (χ4n) is 2.39. The number of benzene rings is 1. The fourth-order valence-corrected chi connectivity index (χ4v) is 3.02. The normalized spacial score (nSPS) is 11.8. The van der Waals surface area contributed by atoms with Gasteiger partial charge < -0.3 is 5.32 Å². The lowest BCUT2D eigenvalue weighted by atomic mass is 10.1. The van der Waals surface area contributed by atoms with Crippen molar-refractivity contribution in [2.24, 2.45) is 0 Å². The molecule has 3 aromatic rings. The van der Waals surface area contributed by atoms with Crippen LogP contribution < -0.4 is 5.32 Å². The maximum Gasteiger partial charge on any atom is 0.317 e. The van der Waals surface area contributed by atoms with Gasteiger partial charge in [0.15, 0.2) is 16.5 Å². The minimum atomic E-state index is -0.807. The van der Waals surface area contributed by atoms with E-state index < -0.39 is 16.9 Å². The summed E-state index contributed by atoms with van der Waals surface area (Å²) in [6, 6.07) is 5.73. The van der Waals surface area contributed by atoms with Gasteiger partial charge in [-0.25, -0.2) is 4.98 Å². The number of carbonyl (C=O) groups is 2. The summed E-state index contributed by atoms with van der Waals surface area (Å²) < 4.78 is 1.24. The lowest BCUT2D eigenvalue weighted by Gasteiger charge is -2.12. The van der Waals surface area contributed by atoms with Crippen LogP contribution in [0.2, 0.25) is 0 Å². The summed E-state index contributed by atoms with van der Waals surface area (Å²) in [5.74, 6) is -0.534. The van der Waals surface area contributed by atoms with Gasteiger partial charge in [-0.2, -0.15) is 5.10 Å². The van der Waals surface area contributed by atoms with E-state index in [1.54, 1.807) is 36.6 Å². The molecule has 1 amide bonds. The fraction of sp³-hybridized carbons (Fsp3) is 0.176. The molecule has 1 aromatic carbocycles. The Morgan fingerprint density at radius 1 is 1.37 bits per heavy atom. The van der Waals surface area contributed by atoms with Crippen LogP contribution in [-0.2, 0) is 4.79 Å². The standard InChI is InChI=1S/C17H15N5O4S/c1-10(16(24)19-13-5-3-4-12(8-13)11(2)23)21-9-14(22(25)26)15(20-21)17-18-6-7-27-17/h3-10H,1-2H3,(H,19,24). The molecule has 0 bridgehead atoms.